The Morgan fingerprint density at radius 3 is 2.77 bits per heavy atom. The number of carbonyl (C=O) groups is 1. The Morgan fingerprint density at radius 2 is 2.05 bits per heavy atom. The maximum Gasteiger partial charge on any atom is 0.310 e. The summed E-state index contributed by atoms with van der Waals surface area (Å²) in [6.07, 6.45) is 2.83. The van der Waals surface area contributed by atoms with Crippen molar-refractivity contribution in [2.45, 2.75) is 79.6 Å². The lowest BCUT2D eigenvalue weighted by molar-refractivity contribution is -0.147. The normalized spacial score (nSPS) is 17.0. The molecule has 3 aromatic heterocycles. The third-order valence-electron chi connectivity index (χ3n) is 8.02. The number of fused-ring (bicyclic) bond motifs is 2. The summed E-state index contributed by atoms with van der Waals surface area (Å²) in [6.45, 7) is 15.0. The lowest BCUT2D eigenvalue weighted by Gasteiger charge is -2.31. The molecule has 9 heteroatoms. The van der Waals surface area contributed by atoms with Crippen molar-refractivity contribution >= 4 is 28.3 Å². The fourth-order valence-electron chi connectivity index (χ4n) is 5.60. The summed E-state index contributed by atoms with van der Waals surface area (Å²) in [6, 6.07) is 10.2. The van der Waals surface area contributed by atoms with Gasteiger partial charge in [-0.1, -0.05) is 18.2 Å². The number of aliphatic carboxylic acids is 1. The molecule has 0 saturated carbocycles. The van der Waals surface area contributed by atoms with Gasteiger partial charge in [0, 0.05) is 48.0 Å². The fourth-order valence-corrected chi connectivity index (χ4v) is 6.95. The first kappa shape index (κ1) is 27.3. The number of aryl methyl sites for hydroxylation is 3. The molecule has 5 rings (SSSR count). The molecule has 0 radical (unpaired) electrons. The Hall–Kier alpha value is -3.30. The number of pyridine rings is 1. The minimum atomic E-state index is -1.03. The molecule has 1 aliphatic heterocycles. The van der Waals surface area contributed by atoms with E-state index in [4.69, 9.17) is 4.74 Å². The van der Waals surface area contributed by atoms with Crippen LogP contribution in [0, 0.1) is 19.3 Å². The first-order chi connectivity index (χ1) is 18.6. The van der Waals surface area contributed by atoms with Crippen LogP contribution in [0.4, 0.5) is 0 Å². The highest BCUT2D eigenvalue weighted by atomic mass is 32.1. The summed E-state index contributed by atoms with van der Waals surface area (Å²) in [5, 5.41) is 19.1. The van der Waals surface area contributed by atoms with Gasteiger partial charge in [-0.05, 0) is 82.0 Å². The molecule has 39 heavy (non-hydrogen) atoms. The number of hydrogen-bond acceptors (Lipinski definition) is 7. The second kappa shape index (κ2) is 10.7. The number of aromatic nitrogens is 4. The van der Waals surface area contributed by atoms with Crippen molar-refractivity contribution in [3.63, 3.8) is 0 Å². The number of benzene rings is 1. The van der Waals surface area contributed by atoms with Crippen molar-refractivity contribution in [1.29, 1.82) is 0 Å². The maximum atomic E-state index is 12.6. The molecule has 4 heterocycles. The number of nitrogens with zero attached hydrogens (tertiary/aromatic N) is 5. The highest BCUT2D eigenvalue weighted by molar-refractivity contribution is 7.12. The minimum Gasteiger partial charge on any atom is -0.487 e. The van der Waals surface area contributed by atoms with E-state index < -0.39 is 11.4 Å². The van der Waals surface area contributed by atoms with Crippen molar-refractivity contribution in [2.75, 3.05) is 6.54 Å². The average molecular weight is 548 g/mol. The van der Waals surface area contributed by atoms with Gasteiger partial charge in [0.05, 0.1) is 16.6 Å². The average Bonchev–Trinajstić information content (AvgIpc) is 3.43. The lowest BCUT2D eigenvalue weighted by Crippen LogP contribution is -2.32. The third-order valence-corrected chi connectivity index (χ3v) is 9.17. The maximum absolute atomic E-state index is 12.6. The molecule has 0 spiro atoms. The molecule has 1 aliphatic rings. The molecule has 2 atom stereocenters. The van der Waals surface area contributed by atoms with Gasteiger partial charge in [0.15, 0.2) is 0 Å². The van der Waals surface area contributed by atoms with E-state index >= 15 is 0 Å². The molecular weight excluding hydrogens is 510 g/mol. The smallest absolute Gasteiger partial charge is 0.310 e. The highest BCUT2D eigenvalue weighted by Crippen LogP contribution is 2.46. The van der Waals surface area contributed by atoms with Crippen LogP contribution in [0.3, 0.4) is 0 Å². The standard InChI is InChI=1S/C30H37N5O3S/c1-7-21-16-34(17-23-25(38-21)10-9-13-31-23)15-20-14-26(39-19(20)4)27(30(5,6)29(36)37)22-11-12-24-28(18(22)3)32-33-35(24)8-2/h9-14,21,27H,7-8,15-17H2,1-6H3,(H,36,37)/t21-,27-/m1/s1. The van der Waals surface area contributed by atoms with Crippen LogP contribution in [-0.4, -0.2) is 48.6 Å². The molecule has 0 amide bonds. The van der Waals surface area contributed by atoms with Crippen molar-refractivity contribution in [3.05, 3.63) is 68.7 Å². The van der Waals surface area contributed by atoms with Crippen LogP contribution >= 0.6 is 11.3 Å². The Balaban J connectivity index is 1.53. The Morgan fingerprint density at radius 1 is 1.26 bits per heavy atom. The lowest BCUT2D eigenvalue weighted by atomic mass is 9.72. The number of carboxylic acid groups (broad SMARTS) is 1. The fraction of sp³-hybridized carbons (Fsp3) is 0.467. The Bertz CT molecular complexity index is 1510. The van der Waals surface area contributed by atoms with Crippen molar-refractivity contribution in [2.24, 2.45) is 5.41 Å². The van der Waals surface area contributed by atoms with Gasteiger partial charge in [0.1, 0.15) is 17.4 Å². The first-order valence-electron chi connectivity index (χ1n) is 13.6. The van der Waals surface area contributed by atoms with E-state index in [0.717, 1.165) is 64.5 Å². The monoisotopic (exact) mass is 547 g/mol. The number of hydrogen-bond donors (Lipinski definition) is 1. The second-order valence-corrected chi connectivity index (χ2v) is 12.3. The van der Waals surface area contributed by atoms with E-state index in [0.29, 0.717) is 6.54 Å². The molecule has 0 unspecified atom stereocenters. The summed E-state index contributed by atoms with van der Waals surface area (Å²) in [5.74, 6) is -0.291. The van der Waals surface area contributed by atoms with Crippen molar-refractivity contribution in [1.82, 2.24) is 24.9 Å². The van der Waals surface area contributed by atoms with Crippen molar-refractivity contribution in [3.8, 4) is 5.75 Å². The molecule has 1 N–H and O–H groups in total. The predicted molar refractivity (Wildman–Crippen MR) is 153 cm³/mol. The van der Waals surface area contributed by atoms with Crippen LogP contribution in [0.1, 0.15) is 72.2 Å². The summed E-state index contributed by atoms with van der Waals surface area (Å²) in [7, 11) is 0. The van der Waals surface area contributed by atoms with Gasteiger partial charge in [0.25, 0.3) is 0 Å². The van der Waals surface area contributed by atoms with E-state index in [9.17, 15) is 9.90 Å². The van der Waals surface area contributed by atoms with Gasteiger partial charge in [-0.15, -0.1) is 16.4 Å². The summed E-state index contributed by atoms with van der Waals surface area (Å²) in [4.78, 5) is 21.8. The second-order valence-electron chi connectivity index (χ2n) is 11.0. The molecule has 8 nitrogen and oxygen atoms in total. The first-order valence-corrected chi connectivity index (χ1v) is 14.4. The summed E-state index contributed by atoms with van der Waals surface area (Å²) < 4.78 is 8.13. The molecule has 1 aromatic carbocycles. The summed E-state index contributed by atoms with van der Waals surface area (Å²) >= 11 is 1.69. The number of ether oxygens (including phenoxy) is 1. The van der Waals surface area contributed by atoms with Crippen LogP contribution in [0.5, 0.6) is 5.75 Å². The van der Waals surface area contributed by atoms with Crippen LogP contribution in [0.25, 0.3) is 11.0 Å². The number of carboxylic acids is 1. The van der Waals surface area contributed by atoms with E-state index in [1.165, 1.54) is 10.4 Å². The molecule has 206 valence electrons. The van der Waals surface area contributed by atoms with Crippen LogP contribution in [-0.2, 0) is 24.4 Å². The molecular formula is C30H37N5O3S. The Labute approximate surface area is 233 Å². The molecule has 0 bridgehead atoms. The largest absolute Gasteiger partial charge is 0.487 e. The van der Waals surface area contributed by atoms with Crippen molar-refractivity contribution < 1.29 is 14.6 Å². The van der Waals surface area contributed by atoms with E-state index in [2.05, 4.69) is 46.2 Å². The highest BCUT2D eigenvalue weighted by Gasteiger charge is 2.41. The van der Waals surface area contributed by atoms with E-state index in [1.807, 2.05) is 56.8 Å². The number of thiophene rings is 1. The molecule has 0 saturated heterocycles. The van der Waals surface area contributed by atoms with Gasteiger partial charge in [-0.2, -0.15) is 0 Å². The zero-order valence-corrected chi connectivity index (χ0v) is 24.4. The SMILES string of the molecule is CC[C@@H]1CN(Cc2cc([C@@H](c3ccc4c(nnn4CC)c3C)C(C)(C)C(=O)O)sc2C)Cc2ncccc2O1. The van der Waals surface area contributed by atoms with Gasteiger partial charge in [-0.3, -0.25) is 14.7 Å². The predicted octanol–water partition coefficient (Wildman–Crippen LogP) is 5.94. The van der Waals surface area contributed by atoms with E-state index in [-0.39, 0.29) is 12.0 Å². The van der Waals surface area contributed by atoms with Gasteiger partial charge < -0.3 is 9.84 Å². The van der Waals surface area contributed by atoms with E-state index in [1.54, 1.807) is 11.3 Å². The topological polar surface area (TPSA) is 93.4 Å². The van der Waals surface area contributed by atoms with Crippen LogP contribution in [0.15, 0.2) is 36.5 Å². The summed E-state index contributed by atoms with van der Waals surface area (Å²) in [5.41, 5.74) is 4.91. The Kier molecular flexibility index (Phi) is 7.48. The molecule has 0 aliphatic carbocycles. The van der Waals surface area contributed by atoms with Crippen LogP contribution < -0.4 is 4.74 Å². The minimum absolute atomic E-state index is 0.0958. The third kappa shape index (κ3) is 5.05. The van der Waals surface area contributed by atoms with Gasteiger partial charge >= 0.3 is 5.97 Å². The van der Waals surface area contributed by atoms with Crippen LogP contribution in [0.2, 0.25) is 0 Å². The van der Waals surface area contributed by atoms with Gasteiger partial charge in [-0.25, -0.2) is 4.68 Å². The number of rotatable bonds is 8. The quantitative estimate of drug-likeness (QED) is 0.292. The molecule has 4 aromatic rings. The van der Waals surface area contributed by atoms with Gasteiger partial charge in [0.2, 0.25) is 0 Å². The molecule has 0 fully saturated rings. The zero-order chi connectivity index (χ0) is 27.9. The zero-order valence-electron chi connectivity index (χ0n) is 23.6.